The molecule has 0 aliphatic rings. The van der Waals surface area contributed by atoms with Crippen LogP contribution in [-0.4, -0.2) is 26.9 Å². The van der Waals surface area contributed by atoms with Gasteiger partial charge in [-0.15, -0.1) is 5.10 Å². The smallest absolute Gasteiger partial charge is 0.302 e. The molecule has 0 saturated carbocycles. The number of nitrogens with zero attached hydrogens (tertiary/aromatic N) is 4. The lowest BCUT2D eigenvalue weighted by Gasteiger charge is -1.99. The number of aromatic nitrogens is 3. The maximum atomic E-state index is 11.7. The predicted molar refractivity (Wildman–Crippen MR) is 71.0 cm³/mol. The van der Waals surface area contributed by atoms with E-state index in [1.54, 1.807) is 6.92 Å². The fourth-order valence-electron chi connectivity index (χ4n) is 1.54. The number of aryl methyl sites for hydroxylation is 2. The van der Waals surface area contributed by atoms with Crippen molar-refractivity contribution in [3.8, 4) is 5.69 Å². The van der Waals surface area contributed by atoms with Gasteiger partial charge in [-0.2, -0.15) is 14.9 Å². The van der Waals surface area contributed by atoms with Gasteiger partial charge in [0.1, 0.15) is 0 Å². The Hall–Kier alpha value is -2.70. The summed E-state index contributed by atoms with van der Waals surface area (Å²) in [6.07, 6.45) is 0. The number of aliphatic imine (C=N–C) groups is 1. The van der Waals surface area contributed by atoms with Crippen LogP contribution in [0.4, 0.5) is 0 Å². The molecule has 0 fully saturated rings. The van der Waals surface area contributed by atoms with Crippen molar-refractivity contribution < 1.29 is 4.79 Å². The number of rotatable bonds is 2. The number of hydrogen-bond donors (Lipinski definition) is 2. The van der Waals surface area contributed by atoms with E-state index in [4.69, 9.17) is 11.5 Å². The highest BCUT2D eigenvalue weighted by atomic mass is 16.1. The van der Waals surface area contributed by atoms with E-state index < -0.39 is 5.91 Å². The number of hydrogen-bond acceptors (Lipinski definition) is 3. The standard InChI is InChI=1S/C12H14N6O/c1-7-3-5-9(6-4-7)18-16-8(2)10(17-18)11(19)15-12(13)14/h3-6H,1-2H3,(H4,13,14,15,19). The SMILES string of the molecule is Cc1ccc(-n2nc(C)c(C(=O)N=C(N)N)n2)cc1. The van der Waals surface area contributed by atoms with Gasteiger partial charge in [0.25, 0.3) is 0 Å². The highest BCUT2D eigenvalue weighted by molar-refractivity contribution is 6.01. The average molecular weight is 258 g/mol. The Morgan fingerprint density at radius 3 is 2.37 bits per heavy atom. The maximum Gasteiger partial charge on any atom is 0.302 e. The van der Waals surface area contributed by atoms with Crippen molar-refractivity contribution in [2.75, 3.05) is 0 Å². The summed E-state index contributed by atoms with van der Waals surface area (Å²) in [5, 5.41) is 8.27. The van der Waals surface area contributed by atoms with Crippen molar-refractivity contribution in [3.63, 3.8) is 0 Å². The highest BCUT2D eigenvalue weighted by Crippen LogP contribution is 2.10. The Bertz CT molecular complexity index is 637. The van der Waals surface area contributed by atoms with Crippen molar-refractivity contribution in [1.82, 2.24) is 15.0 Å². The lowest BCUT2D eigenvalue weighted by molar-refractivity contribution is 0.0997. The molecule has 4 N–H and O–H groups in total. The molecule has 1 aromatic heterocycles. The van der Waals surface area contributed by atoms with Crippen LogP contribution in [0.2, 0.25) is 0 Å². The van der Waals surface area contributed by atoms with Crippen LogP contribution in [0.25, 0.3) is 5.69 Å². The van der Waals surface area contributed by atoms with Gasteiger partial charge in [-0.1, -0.05) is 17.7 Å². The number of amides is 1. The quantitative estimate of drug-likeness (QED) is 0.594. The van der Waals surface area contributed by atoms with Gasteiger partial charge in [0.2, 0.25) is 0 Å². The van der Waals surface area contributed by atoms with Crippen LogP contribution in [0, 0.1) is 13.8 Å². The first-order valence-corrected chi connectivity index (χ1v) is 5.62. The first-order valence-electron chi connectivity index (χ1n) is 5.62. The van der Waals surface area contributed by atoms with Crippen LogP contribution in [0.3, 0.4) is 0 Å². The molecular formula is C12H14N6O. The summed E-state index contributed by atoms with van der Waals surface area (Å²) in [5.41, 5.74) is 12.8. The minimum absolute atomic E-state index is 0.133. The largest absolute Gasteiger partial charge is 0.370 e. The molecule has 98 valence electrons. The lowest BCUT2D eigenvalue weighted by atomic mass is 10.2. The van der Waals surface area contributed by atoms with Gasteiger partial charge in [-0.05, 0) is 26.0 Å². The number of carbonyl (C=O) groups excluding carboxylic acids is 1. The average Bonchev–Trinajstić information content (AvgIpc) is 2.71. The Balaban J connectivity index is 2.38. The van der Waals surface area contributed by atoms with E-state index in [1.807, 2.05) is 31.2 Å². The minimum atomic E-state index is -0.601. The second-order valence-electron chi connectivity index (χ2n) is 4.10. The summed E-state index contributed by atoms with van der Waals surface area (Å²) in [4.78, 5) is 16.5. The van der Waals surface area contributed by atoms with Gasteiger partial charge in [0.05, 0.1) is 11.4 Å². The van der Waals surface area contributed by atoms with Crippen LogP contribution in [0.5, 0.6) is 0 Å². The Morgan fingerprint density at radius 2 is 1.79 bits per heavy atom. The van der Waals surface area contributed by atoms with E-state index in [0.717, 1.165) is 11.3 Å². The van der Waals surface area contributed by atoms with Crippen LogP contribution < -0.4 is 11.5 Å². The molecule has 0 aliphatic heterocycles. The highest BCUT2D eigenvalue weighted by Gasteiger charge is 2.15. The monoisotopic (exact) mass is 258 g/mol. The minimum Gasteiger partial charge on any atom is -0.370 e. The molecule has 0 saturated heterocycles. The predicted octanol–water partition coefficient (Wildman–Crippen LogP) is 0.298. The third-order valence-corrected chi connectivity index (χ3v) is 2.48. The summed E-state index contributed by atoms with van der Waals surface area (Å²) in [5.74, 6) is -0.898. The molecular weight excluding hydrogens is 244 g/mol. The molecule has 0 aliphatic carbocycles. The Morgan fingerprint density at radius 1 is 1.16 bits per heavy atom. The van der Waals surface area contributed by atoms with E-state index in [0.29, 0.717) is 5.69 Å². The first kappa shape index (κ1) is 12.7. The molecule has 1 aromatic carbocycles. The number of carbonyl (C=O) groups is 1. The summed E-state index contributed by atoms with van der Waals surface area (Å²) in [6, 6.07) is 7.60. The normalized spacial score (nSPS) is 10.2. The number of guanidine groups is 1. The molecule has 1 amide bonds. The second kappa shape index (κ2) is 4.89. The summed E-state index contributed by atoms with van der Waals surface area (Å²) < 4.78 is 0. The molecule has 1 heterocycles. The molecule has 19 heavy (non-hydrogen) atoms. The van der Waals surface area contributed by atoms with E-state index in [2.05, 4.69) is 15.2 Å². The Kier molecular flexibility index (Phi) is 3.28. The first-order chi connectivity index (χ1) is 8.97. The number of nitrogens with two attached hydrogens (primary N) is 2. The van der Waals surface area contributed by atoms with Gasteiger partial charge in [0, 0.05) is 0 Å². The molecule has 0 spiro atoms. The molecule has 7 nitrogen and oxygen atoms in total. The van der Waals surface area contributed by atoms with E-state index >= 15 is 0 Å². The van der Waals surface area contributed by atoms with Gasteiger partial charge in [0.15, 0.2) is 11.7 Å². The second-order valence-corrected chi connectivity index (χ2v) is 4.10. The van der Waals surface area contributed by atoms with E-state index in [9.17, 15) is 4.79 Å². The third-order valence-electron chi connectivity index (χ3n) is 2.48. The van der Waals surface area contributed by atoms with Crippen molar-refractivity contribution in [2.45, 2.75) is 13.8 Å². The fourth-order valence-corrected chi connectivity index (χ4v) is 1.54. The topological polar surface area (TPSA) is 112 Å². The Labute approximate surface area is 109 Å². The van der Waals surface area contributed by atoms with Crippen LogP contribution in [-0.2, 0) is 0 Å². The van der Waals surface area contributed by atoms with Crippen LogP contribution in [0.15, 0.2) is 29.3 Å². The molecule has 0 atom stereocenters. The zero-order valence-corrected chi connectivity index (χ0v) is 10.7. The molecule has 7 heteroatoms. The lowest BCUT2D eigenvalue weighted by Crippen LogP contribution is -2.24. The van der Waals surface area contributed by atoms with Crippen LogP contribution in [0.1, 0.15) is 21.7 Å². The maximum absolute atomic E-state index is 11.7. The molecule has 2 rings (SSSR count). The summed E-state index contributed by atoms with van der Waals surface area (Å²) >= 11 is 0. The summed E-state index contributed by atoms with van der Waals surface area (Å²) in [7, 11) is 0. The number of benzene rings is 1. The van der Waals surface area contributed by atoms with Gasteiger partial charge in [-0.25, -0.2) is 0 Å². The van der Waals surface area contributed by atoms with Gasteiger partial charge < -0.3 is 11.5 Å². The molecule has 0 bridgehead atoms. The van der Waals surface area contributed by atoms with E-state index in [1.165, 1.54) is 4.80 Å². The van der Waals surface area contributed by atoms with E-state index in [-0.39, 0.29) is 11.7 Å². The van der Waals surface area contributed by atoms with Crippen LogP contribution >= 0.6 is 0 Å². The zero-order valence-electron chi connectivity index (χ0n) is 10.7. The van der Waals surface area contributed by atoms with Crippen molar-refractivity contribution in [1.29, 1.82) is 0 Å². The van der Waals surface area contributed by atoms with Gasteiger partial charge >= 0.3 is 5.91 Å². The fraction of sp³-hybridized carbons (Fsp3) is 0.167. The van der Waals surface area contributed by atoms with Crippen molar-refractivity contribution >= 4 is 11.9 Å². The van der Waals surface area contributed by atoms with Crippen molar-refractivity contribution in [3.05, 3.63) is 41.2 Å². The van der Waals surface area contributed by atoms with Gasteiger partial charge in [-0.3, -0.25) is 4.79 Å². The molecule has 0 radical (unpaired) electrons. The third kappa shape index (κ3) is 2.76. The zero-order chi connectivity index (χ0) is 14.0. The molecule has 2 aromatic rings. The molecule has 0 unspecified atom stereocenters. The summed E-state index contributed by atoms with van der Waals surface area (Å²) in [6.45, 7) is 3.66. The van der Waals surface area contributed by atoms with Crippen molar-refractivity contribution in [2.24, 2.45) is 16.5 Å².